The van der Waals surface area contributed by atoms with Crippen LogP contribution in [-0.4, -0.2) is 40.1 Å². The quantitative estimate of drug-likeness (QED) is 0.552. The van der Waals surface area contributed by atoms with E-state index in [-0.39, 0.29) is 35.6 Å². The zero-order valence-electron chi connectivity index (χ0n) is 16.3. The van der Waals surface area contributed by atoms with E-state index in [1.54, 1.807) is 5.38 Å². The molecule has 0 fully saturated rings. The molecule has 0 radical (unpaired) electrons. The van der Waals surface area contributed by atoms with Gasteiger partial charge in [0.1, 0.15) is 0 Å². The second-order valence-corrected chi connectivity index (χ2v) is 7.86. The van der Waals surface area contributed by atoms with E-state index in [2.05, 4.69) is 10.3 Å². The molecule has 0 unspecified atom stereocenters. The number of benzene rings is 2. The minimum Gasteiger partial charge on any atom is -0.369 e. The fourth-order valence-corrected chi connectivity index (χ4v) is 4.02. The molecule has 9 heteroatoms. The van der Waals surface area contributed by atoms with Crippen LogP contribution in [0.3, 0.4) is 0 Å². The highest BCUT2D eigenvalue weighted by Crippen LogP contribution is 2.25. The number of primary amides is 1. The molecule has 156 valence electrons. The van der Waals surface area contributed by atoms with Crippen molar-refractivity contribution in [2.75, 3.05) is 11.9 Å². The summed E-state index contributed by atoms with van der Waals surface area (Å²) in [6, 6.07) is 14.0. The van der Waals surface area contributed by atoms with E-state index in [4.69, 9.17) is 5.73 Å². The summed E-state index contributed by atoms with van der Waals surface area (Å²) in [5, 5.41) is 4.58. The maximum absolute atomic E-state index is 12.8. The number of rotatable bonds is 7. The number of carbonyl (C=O) groups is 4. The van der Waals surface area contributed by atoms with Crippen LogP contribution in [0, 0.1) is 0 Å². The summed E-state index contributed by atoms with van der Waals surface area (Å²) >= 11 is 1.17. The normalized spacial score (nSPS) is 12.7. The minimum absolute atomic E-state index is 0.0132. The van der Waals surface area contributed by atoms with Gasteiger partial charge in [0.05, 0.1) is 23.2 Å². The maximum atomic E-state index is 12.8. The Hall–Kier alpha value is -3.85. The number of thiazole rings is 1. The van der Waals surface area contributed by atoms with Crippen LogP contribution in [-0.2, 0) is 17.6 Å². The molecule has 0 bridgehead atoms. The van der Waals surface area contributed by atoms with Gasteiger partial charge in [0.25, 0.3) is 17.7 Å². The molecule has 0 saturated carbocycles. The Morgan fingerprint density at radius 1 is 1.03 bits per heavy atom. The van der Waals surface area contributed by atoms with Gasteiger partial charge < -0.3 is 5.73 Å². The highest BCUT2D eigenvalue weighted by Gasteiger charge is 2.35. The molecule has 0 aliphatic carbocycles. The third-order valence-electron chi connectivity index (χ3n) is 4.83. The lowest BCUT2D eigenvalue weighted by Crippen LogP contribution is -2.31. The van der Waals surface area contributed by atoms with E-state index in [0.717, 1.165) is 5.56 Å². The first-order valence-electron chi connectivity index (χ1n) is 9.50. The first kappa shape index (κ1) is 20.4. The Labute approximate surface area is 181 Å². The third-order valence-corrected chi connectivity index (χ3v) is 5.63. The van der Waals surface area contributed by atoms with E-state index < -0.39 is 17.7 Å². The SMILES string of the molecule is NC(=O)Cc1csc(NC(=O)c2ccc3c(c2)C(=O)N(CCc2ccccc2)C3=O)n1. The van der Waals surface area contributed by atoms with Gasteiger partial charge in [0.2, 0.25) is 5.91 Å². The number of hydrogen-bond acceptors (Lipinski definition) is 6. The van der Waals surface area contributed by atoms with Crippen LogP contribution in [0.25, 0.3) is 0 Å². The molecule has 4 rings (SSSR count). The second kappa shape index (κ2) is 8.49. The molecule has 0 spiro atoms. The Balaban J connectivity index is 1.46. The van der Waals surface area contributed by atoms with Gasteiger partial charge in [-0.05, 0) is 30.2 Å². The lowest BCUT2D eigenvalue weighted by molar-refractivity contribution is -0.117. The van der Waals surface area contributed by atoms with Gasteiger partial charge in [-0.3, -0.25) is 29.4 Å². The van der Waals surface area contributed by atoms with Crippen molar-refractivity contribution in [3.63, 3.8) is 0 Å². The van der Waals surface area contributed by atoms with E-state index >= 15 is 0 Å². The molecule has 3 aromatic rings. The van der Waals surface area contributed by atoms with Gasteiger partial charge in [-0.25, -0.2) is 4.98 Å². The largest absolute Gasteiger partial charge is 0.369 e. The van der Waals surface area contributed by atoms with Gasteiger partial charge in [-0.1, -0.05) is 30.3 Å². The van der Waals surface area contributed by atoms with E-state index in [1.165, 1.54) is 34.4 Å². The summed E-state index contributed by atoms with van der Waals surface area (Å²) in [4.78, 5) is 54.3. The fraction of sp³-hybridized carbons (Fsp3) is 0.136. The highest BCUT2D eigenvalue weighted by molar-refractivity contribution is 7.14. The number of aromatic nitrogens is 1. The number of amides is 4. The van der Waals surface area contributed by atoms with E-state index in [1.807, 2.05) is 30.3 Å². The predicted octanol–water partition coefficient (Wildman–Crippen LogP) is 2.26. The molecule has 1 aromatic heterocycles. The zero-order valence-corrected chi connectivity index (χ0v) is 17.1. The molecule has 31 heavy (non-hydrogen) atoms. The Bertz CT molecular complexity index is 1190. The summed E-state index contributed by atoms with van der Waals surface area (Å²) in [7, 11) is 0. The number of nitrogens with one attached hydrogen (secondary N) is 1. The maximum Gasteiger partial charge on any atom is 0.261 e. The van der Waals surface area contributed by atoms with Gasteiger partial charge in [0, 0.05) is 17.5 Å². The van der Waals surface area contributed by atoms with Gasteiger partial charge in [-0.15, -0.1) is 11.3 Å². The van der Waals surface area contributed by atoms with Crippen molar-refractivity contribution in [1.82, 2.24) is 9.88 Å². The molecule has 2 aromatic carbocycles. The number of hydrogen-bond donors (Lipinski definition) is 2. The van der Waals surface area contributed by atoms with Crippen molar-refractivity contribution in [3.05, 3.63) is 81.9 Å². The monoisotopic (exact) mass is 434 g/mol. The molecule has 1 aliphatic rings. The van der Waals surface area contributed by atoms with Crippen LogP contribution in [0.2, 0.25) is 0 Å². The summed E-state index contributed by atoms with van der Waals surface area (Å²) in [6.45, 7) is 0.264. The van der Waals surface area contributed by atoms with Crippen molar-refractivity contribution in [3.8, 4) is 0 Å². The van der Waals surface area contributed by atoms with E-state index in [9.17, 15) is 19.2 Å². The van der Waals surface area contributed by atoms with Crippen LogP contribution in [0.4, 0.5) is 5.13 Å². The molecule has 2 heterocycles. The average Bonchev–Trinajstić information content (AvgIpc) is 3.28. The van der Waals surface area contributed by atoms with Crippen LogP contribution in [0.1, 0.15) is 42.3 Å². The van der Waals surface area contributed by atoms with E-state index in [0.29, 0.717) is 17.2 Å². The number of fused-ring (bicyclic) bond motifs is 1. The average molecular weight is 434 g/mol. The van der Waals surface area contributed by atoms with Crippen LogP contribution >= 0.6 is 11.3 Å². The molecule has 4 amide bonds. The lowest BCUT2D eigenvalue weighted by Gasteiger charge is -2.13. The van der Waals surface area contributed by atoms with Crippen LogP contribution in [0.5, 0.6) is 0 Å². The van der Waals surface area contributed by atoms with Crippen LogP contribution in [0.15, 0.2) is 53.9 Å². The van der Waals surface area contributed by atoms with Gasteiger partial charge >= 0.3 is 0 Å². The van der Waals surface area contributed by atoms with Crippen molar-refractivity contribution in [2.24, 2.45) is 5.73 Å². The summed E-state index contributed by atoms with van der Waals surface area (Å²) < 4.78 is 0. The molecule has 8 nitrogen and oxygen atoms in total. The first-order chi connectivity index (χ1) is 14.9. The molecule has 0 atom stereocenters. The topological polar surface area (TPSA) is 122 Å². The van der Waals surface area contributed by atoms with Crippen LogP contribution < -0.4 is 11.1 Å². The second-order valence-electron chi connectivity index (χ2n) is 7.00. The number of nitrogens with zero attached hydrogens (tertiary/aromatic N) is 2. The van der Waals surface area contributed by atoms with Crippen molar-refractivity contribution >= 4 is 40.1 Å². The first-order valence-corrected chi connectivity index (χ1v) is 10.4. The zero-order chi connectivity index (χ0) is 22.0. The lowest BCUT2D eigenvalue weighted by atomic mass is 10.1. The summed E-state index contributed by atoms with van der Waals surface area (Å²) in [5.41, 5.74) is 7.36. The standard InChI is InChI=1S/C22H18N4O4S/c23-18(27)11-15-12-31-22(24-15)25-19(28)14-6-7-16-17(10-14)21(30)26(20(16)29)9-8-13-4-2-1-3-5-13/h1-7,10,12H,8-9,11H2,(H2,23,27)(H,24,25,28). The Morgan fingerprint density at radius 2 is 1.77 bits per heavy atom. The van der Waals surface area contributed by atoms with Gasteiger partial charge in [-0.2, -0.15) is 0 Å². The summed E-state index contributed by atoms with van der Waals surface area (Å²) in [5.74, 6) is -1.75. The smallest absolute Gasteiger partial charge is 0.261 e. The number of carbonyl (C=O) groups excluding carboxylic acids is 4. The number of nitrogens with two attached hydrogens (primary N) is 1. The molecule has 1 aliphatic heterocycles. The molecular formula is C22H18N4O4S. The molecule has 3 N–H and O–H groups in total. The number of imide groups is 1. The Kier molecular flexibility index (Phi) is 5.59. The fourth-order valence-electron chi connectivity index (χ4n) is 3.31. The Morgan fingerprint density at radius 3 is 2.52 bits per heavy atom. The van der Waals surface area contributed by atoms with Gasteiger partial charge in [0.15, 0.2) is 5.13 Å². The molecule has 0 saturated heterocycles. The highest BCUT2D eigenvalue weighted by atomic mass is 32.1. The molecular weight excluding hydrogens is 416 g/mol. The predicted molar refractivity (Wildman–Crippen MR) is 115 cm³/mol. The number of anilines is 1. The minimum atomic E-state index is -0.512. The third kappa shape index (κ3) is 4.36. The van der Waals surface area contributed by atoms with Crippen molar-refractivity contribution < 1.29 is 19.2 Å². The van der Waals surface area contributed by atoms with Crippen molar-refractivity contribution in [1.29, 1.82) is 0 Å². The van der Waals surface area contributed by atoms with Crippen molar-refractivity contribution in [2.45, 2.75) is 12.8 Å². The summed E-state index contributed by atoms with van der Waals surface area (Å²) in [6.07, 6.45) is 0.540.